The maximum Gasteiger partial charge on any atom is 0.347 e. The molecule has 6 heterocycles. The van der Waals surface area contributed by atoms with Crippen molar-refractivity contribution in [3.63, 3.8) is 0 Å². The summed E-state index contributed by atoms with van der Waals surface area (Å²) in [6.07, 6.45) is 5.14. The number of hydrogen-bond acceptors (Lipinski definition) is 23. The fraction of sp³-hybridized carbons (Fsp3) is 0.633. The van der Waals surface area contributed by atoms with Crippen LogP contribution < -0.4 is 0 Å². The van der Waals surface area contributed by atoms with Crippen molar-refractivity contribution in [3.8, 4) is 0 Å². The number of carbonyl (C=O) groups excluding carboxylic acids is 10. The number of ether oxygens (including phenoxy) is 11. The molecule has 404 valence electrons. The molecular weight excluding hydrogens is 957 g/mol. The van der Waals surface area contributed by atoms with Gasteiger partial charge < -0.3 is 62.3 Å². The van der Waals surface area contributed by atoms with Gasteiger partial charge in [0.1, 0.15) is 11.5 Å². The lowest BCUT2D eigenvalue weighted by molar-refractivity contribution is -0.191. The SMILES string of the molecule is CC.CC(CO)(CO)C(=O)OC1CCOC(=O)CC1.CC1OC(=O)C(C)OC1=O.C[C@H]1OC(=O)[C@@H](C)OC1=O.O=C1CC=CCCO1.O=C1CCC(COCc2ccccc2)CCO1.O=C1COC(=O)CO1. The molecule has 5 fully saturated rings. The molecule has 2 N–H and O–H groups in total. The van der Waals surface area contributed by atoms with Crippen LogP contribution in [0.25, 0.3) is 0 Å². The van der Waals surface area contributed by atoms with Crippen LogP contribution in [0.3, 0.4) is 0 Å². The Labute approximate surface area is 418 Å². The fourth-order valence-electron chi connectivity index (χ4n) is 5.58. The van der Waals surface area contributed by atoms with E-state index in [0.29, 0.717) is 58.0 Å². The van der Waals surface area contributed by atoms with Crippen molar-refractivity contribution >= 4 is 59.7 Å². The molecule has 6 atom stereocenters. The summed E-state index contributed by atoms with van der Waals surface area (Å²) in [6.45, 7) is 12.6. The van der Waals surface area contributed by atoms with Gasteiger partial charge in [0.25, 0.3) is 0 Å². The van der Waals surface area contributed by atoms with Gasteiger partial charge in [0.2, 0.25) is 0 Å². The Morgan fingerprint density at radius 3 is 1.51 bits per heavy atom. The van der Waals surface area contributed by atoms with Crippen LogP contribution in [-0.4, -0.2) is 153 Å². The molecule has 6 aliphatic rings. The first-order chi connectivity index (χ1) is 34.3. The molecule has 23 nitrogen and oxygen atoms in total. The number of rotatable bonds is 8. The van der Waals surface area contributed by atoms with E-state index in [1.54, 1.807) is 0 Å². The zero-order valence-corrected chi connectivity index (χ0v) is 42.0. The fourth-order valence-corrected chi connectivity index (χ4v) is 5.58. The van der Waals surface area contributed by atoms with Gasteiger partial charge in [0.05, 0.1) is 46.1 Å². The predicted octanol–water partition coefficient (Wildman–Crippen LogP) is 2.88. The highest BCUT2D eigenvalue weighted by Crippen LogP contribution is 2.22. The molecule has 1 aromatic rings. The van der Waals surface area contributed by atoms with Crippen LogP contribution in [0.4, 0.5) is 0 Å². The van der Waals surface area contributed by atoms with Crippen LogP contribution in [0.2, 0.25) is 0 Å². The molecule has 0 spiro atoms. The van der Waals surface area contributed by atoms with E-state index in [4.69, 9.17) is 33.9 Å². The molecular formula is C49H70O23. The van der Waals surface area contributed by atoms with Gasteiger partial charge in [-0.25, -0.2) is 28.8 Å². The molecule has 0 aromatic heterocycles. The zero-order valence-electron chi connectivity index (χ0n) is 42.0. The summed E-state index contributed by atoms with van der Waals surface area (Å²) in [4.78, 5) is 107. The molecule has 0 aliphatic carbocycles. The molecule has 0 radical (unpaired) electrons. The zero-order chi connectivity index (χ0) is 54.1. The van der Waals surface area contributed by atoms with Crippen molar-refractivity contribution in [2.24, 2.45) is 11.3 Å². The Morgan fingerprint density at radius 1 is 0.583 bits per heavy atom. The van der Waals surface area contributed by atoms with Crippen molar-refractivity contribution in [1.82, 2.24) is 0 Å². The average Bonchev–Trinajstić information content (AvgIpc) is 3.84. The summed E-state index contributed by atoms with van der Waals surface area (Å²) in [7, 11) is 0. The Balaban J connectivity index is 0.000000440. The van der Waals surface area contributed by atoms with Gasteiger partial charge in [-0.2, -0.15) is 0 Å². The Bertz CT molecular complexity index is 1800. The maximum absolute atomic E-state index is 11.7. The second-order valence-corrected chi connectivity index (χ2v) is 16.2. The largest absolute Gasteiger partial charge is 0.466 e. The van der Waals surface area contributed by atoms with E-state index >= 15 is 0 Å². The summed E-state index contributed by atoms with van der Waals surface area (Å²) >= 11 is 0. The normalized spacial score (nSPS) is 23.6. The van der Waals surface area contributed by atoms with Crippen LogP contribution in [-0.2, 0) is 107 Å². The number of hydrogen-bond donors (Lipinski definition) is 2. The lowest BCUT2D eigenvalue weighted by Gasteiger charge is -2.25. The molecule has 0 saturated carbocycles. The molecule has 1 aromatic carbocycles. The Kier molecular flexibility index (Phi) is 31.4. The molecule has 23 heteroatoms. The Morgan fingerprint density at radius 2 is 1.04 bits per heavy atom. The lowest BCUT2D eigenvalue weighted by Crippen LogP contribution is -2.40. The summed E-state index contributed by atoms with van der Waals surface area (Å²) in [5.41, 5.74) is -0.106. The number of esters is 10. The van der Waals surface area contributed by atoms with Crippen LogP contribution in [0.1, 0.15) is 105 Å². The van der Waals surface area contributed by atoms with Crippen molar-refractivity contribution in [2.75, 3.05) is 52.9 Å². The van der Waals surface area contributed by atoms with Gasteiger partial charge in [-0.05, 0) is 71.8 Å². The van der Waals surface area contributed by atoms with E-state index in [9.17, 15) is 47.9 Å². The number of carbonyl (C=O) groups is 10. The maximum atomic E-state index is 11.7. The topological polar surface area (TPSA) is 313 Å². The minimum atomic E-state index is -1.29. The number of cyclic esters (lactones) is 9. The van der Waals surface area contributed by atoms with Gasteiger partial charge in [0.15, 0.2) is 37.6 Å². The highest BCUT2D eigenvalue weighted by Gasteiger charge is 2.36. The molecule has 0 bridgehead atoms. The van der Waals surface area contributed by atoms with E-state index in [1.165, 1.54) is 40.2 Å². The van der Waals surface area contributed by atoms with E-state index in [2.05, 4.69) is 40.6 Å². The molecule has 5 saturated heterocycles. The van der Waals surface area contributed by atoms with Crippen LogP contribution in [0, 0.1) is 11.3 Å². The summed E-state index contributed by atoms with van der Waals surface area (Å²) in [5, 5.41) is 18.1. The lowest BCUT2D eigenvalue weighted by atomic mass is 9.93. The van der Waals surface area contributed by atoms with Gasteiger partial charge in [-0.3, -0.25) is 19.2 Å². The molecule has 6 aliphatic heterocycles. The van der Waals surface area contributed by atoms with Crippen molar-refractivity contribution in [2.45, 2.75) is 137 Å². The second kappa shape index (κ2) is 35.6. The third kappa shape index (κ3) is 26.7. The van der Waals surface area contributed by atoms with Gasteiger partial charge in [-0.1, -0.05) is 56.3 Å². The first kappa shape index (κ1) is 63.6. The number of aliphatic hydroxyl groups is 2. The smallest absolute Gasteiger partial charge is 0.347 e. The van der Waals surface area contributed by atoms with Crippen LogP contribution in [0.15, 0.2) is 42.5 Å². The minimum Gasteiger partial charge on any atom is -0.466 e. The monoisotopic (exact) mass is 1030 g/mol. The molecule has 4 unspecified atom stereocenters. The first-order valence-corrected chi connectivity index (χ1v) is 23.6. The molecule has 7 rings (SSSR count). The van der Waals surface area contributed by atoms with Gasteiger partial charge >= 0.3 is 59.7 Å². The van der Waals surface area contributed by atoms with Crippen LogP contribution >= 0.6 is 0 Å². The molecule has 72 heavy (non-hydrogen) atoms. The first-order valence-electron chi connectivity index (χ1n) is 23.6. The summed E-state index contributed by atoms with van der Waals surface area (Å²) in [6, 6.07) is 10.1. The number of aliphatic hydroxyl groups excluding tert-OH is 2. The van der Waals surface area contributed by atoms with Crippen molar-refractivity contribution in [1.29, 1.82) is 0 Å². The van der Waals surface area contributed by atoms with E-state index in [0.717, 1.165) is 19.3 Å². The minimum absolute atomic E-state index is 0.0736. The summed E-state index contributed by atoms with van der Waals surface area (Å²) < 4.78 is 52.3. The van der Waals surface area contributed by atoms with E-state index < -0.39 is 90.9 Å². The highest BCUT2D eigenvalue weighted by molar-refractivity contribution is 5.87. The Hall–Kier alpha value is -6.46. The molecule has 0 amide bonds. The third-order valence-corrected chi connectivity index (χ3v) is 10.0. The van der Waals surface area contributed by atoms with Gasteiger partial charge in [0, 0.05) is 25.9 Å². The average molecular weight is 1030 g/mol. The standard InChI is InChI=1S/C14H18O3.C11H18O6.2C6H8O4.C6H8O2.C4H4O4.C2H6/c15-14-7-6-13(8-9-17-14)11-16-10-12-4-2-1-3-5-12;1-11(6-12,7-13)10(15)17-8-2-3-9(14)16-5-4-8;2*1-3-5(7)10-4(2)6(8)9-3;7-6-4-2-1-3-5-8-6;5-3-1-7-4(6)2-8-3;1-2/h1-5,13H,6-11H2;8,12-13H,2-7H2,1H3;2*3-4H,1-2H3;1-2H,3-5H2;1-2H2;1-2H3/t;;3-,4-;;;;/m..1..../s1. The number of benzene rings is 1. The van der Waals surface area contributed by atoms with Crippen molar-refractivity contribution in [3.05, 3.63) is 48.0 Å². The van der Waals surface area contributed by atoms with E-state index in [1.807, 2.05) is 44.2 Å². The predicted molar refractivity (Wildman–Crippen MR) is 246 cm³/mol. The second-order valence-electron chi connectivity index (χ2n) is 16.2. The van der Waals surface area contributed by atoms with Crippen molar-refractivity contribution < 1.29 is 110 Å². The van der Waals surface area contributed by atoms with Crippen LogP contribution in [0.5, 0.6) is 0 Å². The quantitative estimate of drug-likeness (QED) is 0.215. The third-order valence-electron chi connectivity index (χ3n) is 10.0. The van der Waals surface area contributed by atoms with Gasteiger partial charge in [-0.15, -0.1) is 0 Å². The summed E-state index contributed by atoms with van der Waals surface area (Å²) in [5.74, 6) is -3.57. The highest BCUT2D eigenvalue weighted by atomic mass is 16.7. The van der Waals surface area contributed by atoms with E-state index in [-0.39, 0.29) is 44.1 Å².